The quantitative estimate of drug-likeness (QED) is 0.0527. The molecule has 0 saturated heterocycles. The molecule has 51 heavy (non-hydrogen) atoms. The number of carbonyl (C=O) groups excluding carboxylic acids is 3. The number of carbonyl (C=O) groups is 3. The molecule has 13 heteroatoms. The van der Waals surface area contributed by atoms with E-state index in [1.165, 1.54) is 14.2 Å². The molecule has 0 saturated carbocycles. The number of anilines is 2. The maximum absolute atomic E-state index is 13.3. The van der Waals surface area contributed by atoms with Gasteiger partial charge >= 0.3 is 18.0 Å². The molecule has 3 N–H and O–H groups in total. The molecule has 282 valence electrons. The highest BCUT2D eigenvalue weighted by atomic mass is 16.6. The summed E-state index contributed by atoms with van der Waals surface area (Å²) in [7, 11) is 6.49. The third-order valence-electron chi connectivity index (χ3n) is 7.54. The standard InChI is InChI=1S/C38H58N6O7/c1-13-19-28(27-20-18-22-40-31(27)34(46)50-36(2,3)4)43-38(8,42-23-17-15-14-16-21-41-35(47)51-37(5,6)7)44(10)32-29(39-9)24-26(33(45)49-12)25-30(32)48-11/h13,18-20,22,24-25,39,42H,14-17,21,23H2,1-12H3,(H,41,47)/b19-13-,43-28?. The molecule has 0 fully saturated rings. The van der Waals surface area contributed by atoms with E-state index in [2.05, 4.69) is 20.9 Å². The van der Waals surface area contributed by atoms with Crippen LogP contribution in [-0.2, 0) is 14.2 Å². The second-order valence-electron chi connectivity index (χ2n) is 14.1. The first-order valence-electron chi connectivity index (χ1n) is 17.2. The van der Waals surface area contributed by atoms with Gasteiger partial charge in [0.1, 0.15) is 22.6 Å². The number of hydrogen-bond donors (Lipinski definition) is 3. The molecule has 1 aromatic heterocycles. The molecule has 1 amide bonds. The van der Waals surface area contributed by atoms with Crippen molar-refractivity contribution in [3.05, 3.63) is 59.4 Å². The lowest BCUT2D eigenvalue weighted by Gasteiger charge is -2.40. The summed E-state index contributed by atoms with van der Waals surface area (Å²) in [5.41, 5.74) is 1.46. The summed E-state index contributed by atoms with van der Waals surface area (Å²) in [6.45, 7) is 15.8. The first-order chi connectivity index (χ1) is 23.9. The number of aliphatic imine (C=N–C) groups is 1. The fourth-order valence-corrected chi connectivity index (χ4v) is 5.10. The Morgan fingerprint density at radius 2 is 1.57 bits per heavy atom. The molecule has 1 aromatic carbocycles. The second-order valence-corrected chi connectivity index (χ2v) is 14.1. The van der Waals surface area contributed by atoms with Gasteiger partial charge in [0, 0.05) is 32.4 Å². The monoisotopic (exact) mass is 710 g/mol. The summed E-state index contributed by atoms with van der Waals surface area (Å²) in [4.78, 5) is 49.4. The Hall–Kier alpha value is -4.65. The van der Waals surface area contributed by atoms with E-state index in [0.717, 1.165) is 25.7 Å². The average Bonchev–Trinajstić information content (AvgIpc) is 3.06. The van der Waals surface area contributed by atoms with E-state index in [1.54, 1.807) is 58.3 Å². The smallest absolute Gasteiger partial charge is 0.407 e. The Balaban J connectivity index is 2.52. The maximum Gasteiger partial charge on any atom is 0.407 e. The molecule has 2 aromatic rings. The largest absolute Gasteiger partial charge is 0.494 e. The van der Waals surface area contributed by atoms with Crippen molar-refractivity contribution in [3.8, 4) is 5.75 Å². The van der Waals surface area contributed by atoms with Crippen LogP contribution >= 0.6 is 0 Å². The zero-order valence-corrected chi connectivity index (χ0v) is 32.5. The Bertz CT molecular complexity index is 1520. The van der Waals surface area contributed by atoms with Crippen molar-refractivity contribution in [3.63, 3.8) is 0 Å². The molecule has 1 heterocycles. The number of unbranched alkanes of at least 4 members (excludes halogenated alkanes) is 3. The number of allylic oxidation sites excluding steroid dienone is 2. The predicted octanol–water partition coefficient (Wildman–Crippen LogP) is 6.72. The number of ether oxygens (including phenoxy) is 4. The zero-order chi connectivity index (χ0) is 38.4. The lowest BCUT2D eigenvalue weighted by atomic mass is 10.1. The van der Waals surface area contributed by atoms with Gasteiger partial charge in [0.05, 0.1) is 31.2 Å². The SMILES string of the molecule is C/C=C\C(=NC(C)(NCCCCCCNC(=O)OC(C)(C)C)N(C)c1c(NC)cc(C(=O)OC)cc1OC)c1cccnc1C(=O)OC(C)(C)C. The molecule has 1 unspecified atom stereocenters. The van der Waals surface area contributed by atoms with Gasteiger partial charge in [0.2, 0.25) is 0 Å². The van der Waals surface area contributed by atoms with E-state index in [4.69, 9.17) is 23.9 Å². The number of nitrogens with zero attached hydrogens (tertiary/aromatic N) is 3. The first kappa shape index (κ1) is 42.5. The van der Waals surface area contributed by atoms with Gasteiger partial charge in [0.25, 0.3) is 0 Å². The Morgan fingerprint density at radius 1 is 0.922 bits per heavy atom. The number of rotatable bonds is 17. The van der Waals surface area contributed by atoms with Crippen LogP contribution in [0, 0.1) is 0 Å². The summed E-state index contributed by atoms with van der Waals surface area (Å²) < 4.78 is 21.8. The minimum absolute atomic E-state index is 0.144. The van der Waals surface area contributed by atoms with Crippen LogP contribution in [-0.4, -0.2) is 87.1 Å². The molecule has 0 bridgehead atoms. The van der Waals surface area contributed by atoms with Crippen molar-refractivity contribution < 1.29 is 33.3 Å². The first-order valence-corrected chi connectivity index (χ1v) is 17.2. The number of aromatic nitrogens is 1. The van der Waals surface area contributed by atoms with Crippen molar-refractivity contribution in [2.45, 2.75) is 98.1 Å². The van der Waals surface area contributed by atoms with Crippen LogP contribution in [0.15, 0.2) is 47.6 Å². The van der Waals surface area contributed by atoms with Crippen molar-refractivity contribution in [2.75, 3.05) is 51.6 Å². The average molecular weight is 711 g/mol. The minimum Gasteiger partial charge on any atom is -0.494 e. The van der Waals surface area contributed by atoms with Crippen LogP contribution < -0.4 is 25.6 Å². The summed E-state index contributed by atoms with van der Waals surface area (Å²) >= 11 is 0. The van der Waals surface area contributed by atoms with E-state index in [0.29, 0.717) is 47.1 Å². The zero-order valence-electron chi connectivity index (χ0n) is 32.5. The van der Waals surface area contributed by atoms with Crippen LogP contribution in [0.1, 0.15) is 107 Å². The summed E-state index contributed by atoms with van der Waals surface area (Å²) in [6, 6.07) is 6.87. The van der Waals surface area contributed by atoms with E-state index in [9.17, 15) is 14.4 Å². The second kappa shape index (κ2) is 19.1. The Labute approximate surface area is 303 Å². The van der Waals surface area contributed by atoms with Crippen LogP contribution in [0.25, 0.3) is 0 Å². The van der Waals surface area contributed by atoms with Crippen LogP contribution in [0.5, 0.6) is 5.75 Å². The Kier molecular flexibility index (Phi) is 15.9. The molecule has 13 nitrogen and oxygen atoms in total. The summed E-state index contributed by atoms with van der Waals surface area (Å²) in [5.74, 6) is -1.76. The molecular formula is C38H58N6O7. The van der Waals surface area contributed by atoms with E-state index in [1.807, 2.05) is 58.7 Å². The van der Waals surface area contributed by atoms with Gasteiger partial charge in [-0.2, -0.15) is 0 Å². The summed E-state index contributed by atoms with van der Waals surface area (Å²) in [6.07, 6.45) is 8.24. The molecule has 2 rings (SSSR count). The number of esters is 2. The van der Waals surface area contributed by atoms with Gasteiger partial charge in [-0.3, -0.25) is 5.32 Å². The molecule has 0 spiro atoms. The van der Waals surface area contributed by atoms with Crippen molar-refractivity contribution in [1.29, 1.82) is 0 Å². The van der Waals surface area contributed by atoms with Crippen molar-refractivity contribution in [2.24, 2.45) is 4.99 Å². The predicted molar refractivity (Wildman–Crippen MR) is 202 cm³/mol. The fourth-order valence-electron chi connectivity index (χ4n) is 5.10. The van der Waals surface area contributed by atoms with Gasteiger partial charge in [-0.15, -0.1) is 0 Å². The maximum atomic E-state index is 13.3. The van der Waals surface area contributed by atoms with Gasteiger partial charge in [0.15, 0.2) is 11.5 Å². The number of pyridine rings is 1. The van der Waals surface area contributed by atoms with E-state index < -0.39 is 35.0 Å². The molecule has 0 aliphatic carbocycles. The molecule has 1 atom stereocenters. The number of hydrogen-bond acceptors (Lipinski definition) is 12. The highest BCUT2D eigenvalue weighted by Crippen LogP contribution is 2.40. The minimum atomic E-state index is -1.13. The van der Waals surface area contributed by atoms with Gasteiger partial charge in [-0.05, 0) is 105 Å². The lowest BCUT2D eigenvalue weighted by Crippen LogP contribution is -2.55. The number of amides is 1. The lowest BCUT2D eigenvalue weighted by molar-refractivity contribution is 0.00620. The Morgan fingerprint density at radius 3 is 2.14 bits per heavy atom. The highest BCUT2D eigenvalue weighted by Gasteiger charge is 2.34. The van der Waals surface area contributed by atoms with Crippen molar-refractivity contribution in [1.82, 2.24) is 15.6 Å². The van der Waals surface area contributed by atoms with E-state index >= 15 is 0 Å². The van der Waals surface area contributed by atoms with Crippen LogP contribution in [0.2, 0.25) is 0 Å². The number of benzene rings is 1. The number of alkyl carbamates (subject to hydrolysis) is 1. The van der Waals surface area contributed by atoms with Gasteiger partial charge in [-0.25, -0.2) is 24.4 Å². The molecule has 0 aliphatic rings. The van der Waals surface area contributed by atoms with Gasteiger partial charge in [-0.1, -0.05) is 18.9 Å². The van der Waals surface area contributed by atoms with E-state index in [-0.39, 0.29) is 5.69 Å². The van der Waals surface area contributed by atoms with Crippen LogP contribution in [0.3, 0.4) is 0 Å². The number of nitrogens with one attached hydrogen (secondary N) is 3. The third kappa shape index (κ3) is 13.2. The highest BCUT2D eigenvalue weighted by molar-refractivity contribution is 6.14. The molecular weight excluding hydrogens is 652 g/mol. The fraction of sp³-hybridized carbons (Fsp3) is 0.553. The normalized spacial score (nSPS) is 13.3. The van der Waals surface area contributed by atoms with Gasteiger partial charge < -0.3 is 34.5 Å². The molecule has 0 radical (unpaired) electrons. The number of methoxy groups -OCH3 is 2. The topological polar surface area (TPSA) is 153 Å². The van der Waals surface area contributed by atoms with Crippen LogP contribution in [0.4, 0.5) is 16.2 Å². The van der Waals surface area contributed by atoms with Crippen molar-refractivity contribution >= 4 is 35.1 Å². The molecule has 0 aliphatic heterocycles. The summed E-state index contributed by atoms with van der Waals surface area (Å²) in [5, 5.41) is 9.62. The third-order valence-corrected chi connectivity index (χ3v) is 7.54.